The van der Waals surface area contributed by atoms with Crippen LogP contribution in [0.4, 0.5) is 20.2 Å². The van der Waals surface area contributed by atoms with Gasteiger partial charge in [0.25, 0.3) is 12.3 Å². The average molecular weight is 307 g/mol. The number of hydrogen-bond donors (Lipinski definition) is 3. The van der Waals surface area contributed by atoms with E-state index in [0.717, 1.165) is 0 Å². The summed E-state index contributed by atoms with van der Waals surface area (Å²) in [6.07, 6.45) is -3.90. The molecule has 2 rings (SSSR count). The van der Waals surface area contributed by atoms with Crippen molar-refractivity contribution in [2.75, 3.05) is 29.9 Å². The molecular weight excluding hydrogens is 294 g/mol. The predicted molar refractivity (Wildman–Crippen MR) is 70.3 cm³/mol. The van der Waals surface area contributed by atoms with Gasteiger partial charge in [-0.3, -0.25) is 4.79 Å². The van der Waals surface area contributed by atoms with Crippen molar-refractivity contribution in [3.05, 3.63) is 22.7 Å². The number of fused-ring (bicyclic) bond motifs is 1. The minimum atomic E-state index is -2.59. The summed E-state index contributed by atoms with van der Waals surface area (Å²) in [5.41, 5.74) is 0.915. The zero-order valence-electron chi connectivity index (χ0n) is 10.3. The SMILES string of the molecule is O=C1Nc2cc(N(CCO)CC(F)F)c(Cl)cc2C1O. The highest BCUT2D eigenvalue weighted by molar-refractivity contribution is 6.33. The molecule has 0 radical (unpaired) electrons. The normalized spacial score (nSPS) is 17.3. The Balaban J connectivity index is 2.37. The van der Waals surface area contributed by atoms with Gasteiger partial charge in [0.05, 0.1) is 23.9 Å². The molecule has 0 aromatic heterocycles. The lowest BCUT2D eigenvalue weighted by atomic mass is 10.1. The van der Waals surface area contributed by atoms with Gasteiger partial charge in [0, 0.05) is 17.8 Å². The van der Waals surface area contributed by atoms with Crippen LogP contribution in [-0.2, 0) is 4.79 Å². The smallest absolute Gasteiger partial charge is 0.257 e. The fraction of sp³-hybridized carbons (Fsp3) is 0.417. The molecule has 1 atom stereocenters. The molecule has 1 aliphatic rings. The lowest BCUT2D eigenvalue weighted by molar-refractivity contribution is -0.123. The van der Waals surface area contributed by atoms with Gasteiger partial charge in [-0.15, -0.1) is 0 Å². The molecule has 1 amide bonds. The summed E-state index contributed by atoms with van der Waals surface area (Å²) >= 11 is 6.02. The topological polar surface area (TPSA) is 72.8 Å². The second kappa shape index (κ2) is 5.90. The van der Waals surface area contributed by atoms with Crippen molar-refractivity contribution >= 4 is 28.9 Å². The molecule has 3 N–H and O–H groups in total. The number of nitrogens with zero attached hydrogens (tertiary/aromatic N) is 1. The van der Waals surface area contributed by atoms with Gasteiger partial charge in [-0.2, -0.15) is 0 Å². The number of hydrogen-bond acceptors (Lipinski definition) is 4. The number of aliphatic hydroxyl groups excluding tert-OH is 2. The molecule has 20 heavy (non-hydrogen) atoms. The van der Waals surface area contributed by atoms with E-state index < -0.39 is 25.0 Å². The first-order valence-corrected chi connectivity index (χ1v) is 6.28. The molecular formula is C12H13ClF2N2O3. The van der Waals surface area contributed by atoms with Gasteiger partial charge in [-0.25, -0.2) is 8.78 Å². The Kier molecular flexibility index (Phi) is 4.42. The number of rotatable bonds is 5. The quantitative estimate of drug-likeness (QED) is 0.768. The van der Waals surface area contributed by atoms with Gasteiger partial charge in [0.1, 0.15) is 0 Å². The highest BCUT2D eigenvalue weighted by Gasteiger charge is 2.30. The van der Waals surface area contributed by atoms with Gasteiger partial charge in [-0.05, 0) is 12.1 Å². The Hall–Kier alpha value is -1.44. The third-order valence-electron chi connectivity index (χ3n) is 2.99. The van der Waals surface area contributed by atoms with Crippen LogP contribution in [0.15, 0.2) is 12.1 Å². The van der Waals surface area contributed by atoms with Crippen LogP contribution in [0.5, 0.6) is 0 Å². The number of carbonyl (C=O) groups is 1. The van der Waals surface area contributed by atoms with Crippen LogP contribution in [0.3, 0.4) is 0 Å². The Morgan fingerprint density at radius 2 is 2.15 bits per heavy atom. The standard InChI is InChI=1S/C12H13ClF2N2O3/c13-7-3-6-8(16-12(20)11(6)19)4-9(7)17(1-2-18)5-10(14)15/h3-4,10-11,18-19H,1-2,5H2,(H,16,20). The van der Waals surface area contributed by atoms with Crippen LogP contribution in [0, 0.1) is 0 Å². The molecule has 110 valence electrons. The fourth-order valence-electron chi connectivity index (χ4n) is 2.09. The molecule has 8 heteroatoms. The maximum Gasteiger partial charge on any atom is 0.257 e. The molecule has 5 nitrogen and oxygen atoms in total. The number of aliphatic hydroxyl groups is 2. The van der Waals surface area contributed by atoms with Crippen molar-refractivity contribution < 1.29 is 23.8 Å². The third-order valence-corrected chi connectivity index (χ3v) is 3.29. The molecule has 0 saturated heterocycles. The summed E-state index contributed by atoms with van der Waals surface area (Å²) in [6, 6.07) is 2.79. The van der Waals surface area contributed by atoms with E-state index in [2.05, 4.69) is 5.32 Å². The summed E-state index contributed by atoms with van der Waals surface area (Å²) in [7, 11) is 0. The monoisotopic (exact) mass is 306 g/mol. The first-order chi connectivity index (χ1) is 9.43. The zero-order valence-corrected chi connectivity index (χ0v) is 11.1. The molecule has 0 aliphatic carbocycles. The lowest BCUT2D eigenvalue weighted by Crippen LogP contribution is -2.31. The van der Waals surface area contributed by atoms with Crippen molar-refractivity contribution in [2.24, 2.45) is 0 Å². The lowest BCUT2D eigenvalue weighted by Gasteiger charge is -2.25. The van der Waals surface area contributed by atoms with Gasteiger partial charge in [0.15, 0.2) is 6.10 Å². The van der Waals surface area contributed by atoms with Gasteiger partial charge < -0.3 is 20.4 Å². The minimum absolute atomic E-state index is 0.0145. The minimum Gasteiger partial charge on any atom is -0.395 e. The Morgan fingerprint density at radius 3 is 2.75 bits per heavy atom. The number of anilines is 2. The molecule has 0 fully saturated rings. The van der Waals surface area contributed by atoms with Crippen LogP contribution in [0.2, 0.25) is 5.02 Å². The first kappa shape index (κ1) is 15.0. The Bertz CT molecular complexity index is 528. The largest absolute Gasteiger partial charge is 0.395 e. The van der Waals surface area contributed by atoms with Crippen LogP contribution >= 0.6 is 11.6 Å². The molecule has 1 unspecified atom stereocenters. The predicted octanol–water partition coefficient (Wildman–Crippen LogP) is 1.39. The van der Waals surface area contributed by atoms with Crippen molar-refractivity contribution in [3.8, 4) is 0 Å². The molecule has 0 spiro atoms. The van der Waals surface area contributed by atoms with Gasteiger partial charge >= 0.3 is 0 Å². The van der Waals surface area contributed by atoms with Crippen LogP contribution in [-0.4, -0.2) is 42.2 Å². The van der Waals surface area contributed by atoms with Crippen LogP contribution < -0.4 is 10.2 Å². The third kappa shape index (κ3) is 2.84. The fourth-order valence-corrected chi connectivity index (χ4v) is 2.39. The molecule has 1 aromatic rings. The maximum atomic E-state index is 12.5. The summed E-state index contributed by atoms with van der Waals surface area (Å²) in [5.74, 6) is -0.587. The highest BCUT2D eigenvalue weighted by atomic mass is 35.5. The molecule has 1 aliphatic heterocycles. The van der Waals surface area contributed by atoms with E-state index in [1.807, 2.05) is 0 Å². The van der Waals surface area contributed by atoms with E-state index >= 15 is 0 Å². The summed E-state index contributed by atoms with van der Waals surface area (Å²) in [5, 5.41) is 21.1. The van der Waals surface area contributed by atoms with E-state index in [1.54, 1.807) is 0 Å². The zero-order chi connectivity index (χ0) is 14.9. The first-order valence-electron chi connectivity index (χ1n) is 5.90. The Morgan fingerprint density at radius 1 is 1.45 bits per heavy atom. The molecule has 1 heterocycles. The molecule has 0 saturated carbocycles. The number of halogens is 3. The second-order valence-corrected chi connectivity index (χ2v) is 4.75. The number of benzene rings is 1. The number of carbonyl (C=O) groups excluding carboxylic acids is 1. The molecule has 1 aromatic carbocycles. The van der Waals surface area contributed by atoms with Gasteiger partial charge in [-0.1, -0.05) is 11.6 Å². The van der Waals surface area contributed by atoms with Crippen molar-refractivity contribution in [3.63, 3.8) is 0 Å². The maximum absolute atomic E-state index is 12.5. The van der Waals surface area contributed by atoms with Crippen molar-refractivity contribution in [1.82, 2.24) is 0 Å². The molecule has 0 bridgehead atoms. The van der Waals surface area contributed by atoms with Crippen molar-refractivity contribution in [1.29, 1.82) is 0 Å². The van der Waals surface area contributed by atoms with E-state index in [0.29, 0.717) is 11.3 Å². The summed E-state index contributed by atoms with van der Waals surface area (Å²) in [4.78, 5) is 12.6. The van der Waals surface area contributed by atoms with Crippen molar-refractivity contribution in [2.45, 2.75) is 12.5 Å². The highest BCUT2D eigenvalue weighted by Crippen LogP contribution is 2.38. The van der Waals surface area contributed by atoms with E-state index in [4.69, 9.17) is 16.7 Å². The summed E-state index contributed by atoms with van der Waals surface area (Å²) < 4.78 is 25.1. The van der Waals surface area contributed by atoms with E-state index in [1.165, 1.54) is 17.0 Å². The number of amides is 1. The van der Waals surface area contributed by atoms with Gasteiger partial charge in [0.2, 0.25) is 0 Å². The summed E-state index contributed by atoms with van der Waals surface area (Å²) in [6.45, 7) is -0.913. The van der Waals surface area contributed by atoms with E-state index in [-0.39, 0.29) is 23.9 Å². The van der Waals surface area contributed by atoms with Crippen LogP contribution in [0.1, 0.15) is 11.7 Å². The van der Waals surface area contributed by atoms with E-state index in [9.17, 15) is 18.7 Å². The number of alkyl halides is 2. The van der Waals surface area contributed by atoms with Crippen LogP contribution in [0.25, 0.3) is 0 Å². The Labute approximate surface area is 118 Å². The second-order valence-electron chi connectivity index (χ2n) is 4.34. The average Bonchev–Trinajstić information content (AvgIpc) is 2.64. The number of nitrogens with one attached hydrogen (secondary N) is 1.